The average molecular weight is 493 g/mol. The van der Waals surface area contributed by atoms with Crippen molar-refractivity contribution in [3.8, 4) is 11.8 Å². The van der Waals surface area contributed by atoms with Crippen LogP contribution in [-0.4, -0.2) is 39.4 Å². The predicted octanol–water partition coefficient (Wildman–Crippen LogP) is 4.80. The molecular weight excluding hydrogens is 456 g/mol. The number of nitrogens with zero attached hydrogens (tertiary/aromatic N) is 3. The van der Waals surface area contributed by atoms with E-state index in [0.717, 1.165) is 31.2 Å². The molecule has 4 atom stereocenters. The first-order chi connectivity index (χ1) is 17.2. The number of aromatic nitrogens is 2. The molecule has 192 valence electrons. The number of hydrogen-bond donors (Lipinski definition) is 4. The van der Waals surface area contributed by atoms with Crippen LogP contribution in [0.3, 0.4) is 0 Å². The summed E-state index contributed by atoms with van der Waals surface area (Å²) in [6.07, 6.45) is 6.60. The van der Waals surface area contributed by atoms with Gasteiger partial charge in [0.1, 0.15) is 28.8 Å². The van der Waals surface area contributed by atoms with E-state index in [1.54, 1.807) is 12.1 Å². The van der Waals surface area contributed by atoms with Crippen molar-refractivity contribution in [3.05, 3.63) is 41.6 Å². The number of anilines is 2. The molecule has 1 unspecified atom stereocenters. The number of rotatable bonds is 7. The van der Waals surface area contributed by atoms with Crippen molar-refractivity contribution in [1.82, 2.24) is 15.3 Å². The fourth-order valence-corrected chi connectivity index (χ4v) is 5.47. The minimum Gasteiger partial charge on any atom is -0.508 e. The highest BCUT2D eigenvalue weighted by Crippen LogP contribution is 2.43. The van der Waals surface area contributed by atoms with Crippen LogP contribution in [-0.2, 0) is 11.3 Å². The molecule has 2 fully saturated rings. The number of nitriles is 1. The number of nitrogens with one attached hydrogen (secondary N) is 3. The number of carbonyl (C=O) groups excluding carboxylic acids is 1. The van der Waals surface area contributed by atoms with Crippen LogP contribution < -0.4 is 16.0 Å². The largest absolute Gasteiger partial charge is 0.508 e. The highest BCUT2D eigenvalue weighted by molar-refractivity contribution is 5.68. The van der Waals surface area contributed by atoms with Crippen molar-refractivity contribution in [2.45, 2.75) is 71.1 Å². The van der Waals surface area contributed by atoms with E-state index in [0.29, 0.717) is 48.2 Å². The average Bonchev–Trinajstić information content (AvgIpc) is 2.81. The van der Waals surface area contributed by atoms with Crippen molar-refractivity contribution < 1.29 is 14.6 Å². The Labute approximate surface area is 212 Å². The van der Waals surface area contributed by atoms with Gasteiger partial charge < -0.3 is 25.8 Å². The summed E-state index contributed by atoms with van der Waals surface area (Å²) in [6.45, 7) is 6.72. The summed E-state index contributed by atoms with van der Waals surface area (Å²) in [7, 11) is 0. The van der Waals surface area contributed by atoms with E-state index in [9.17, 15) is 15.2 Å². The molecule has 0 aliphatic heterocycles. The molecule has 2 aliphatic rings. The normalized spacial score (nSPS) is 23.3. The fraction of sp³-hybridized carbons (Fsp3) is 0.556. The maximum atomic E-state index is 12.4. The SMILES string of the molecule is CC(C)(C)OC(=O)N[C@@H]1[C@@H]2CCC[C@H]1CC(CNc1nc(NCc3ccccc3O)ncc1C#N)C2. The fourth-order valence-electron chi connectivity index (χ4n) is 5.47. The lowest BCUT2D eigenvalue weighted by Gasteiger charge is -2.46. The molecule has 9 heteroatoms. The second kappa shape index (κ2) is 11.0. The Hall–Kier alpha value is -3.54. The standard InChI is InChI=1S/C27H36N6O3/c1-27(2,3)36-26(35)32-23-18-8-6-9-19(23)12-17(11-18)14-29-24-21(13-28)16-31-25(33-24)30-15-20-7-4-5-10-22(20)34/h4-5,7,10,16-19,23,34H,6,8-9,11-12,14-15H2,1-3H3,(H,32,35)(H2,29,30,31,33)/t17?,18-,19+,23-. The third-order valence-electron chi connectivity index (χ3n) is 7.02. The Bertz CT molecular complexity index is 1100. The number of aromatic hydroxyl groups is 1. The smallest absolute Gasteiger partial charge is 0.407 e. The van der Waals surface area contributed by atoms with E-state index in [-0.39, 0.29) is 17.9 Å². The van der Waals surface area contributed by atoms with Crippen LogP contribution in [0.15, 0.2) is 30.5 Å². The van der Waals surface area contributed by atoms with Crippen molar-refractivity contribution in [2.75, 3.05) is 17.2 Å². The lowest BCUT2D eigenvalue weighted by molar-refractivity contribution is 0.0324. The highest BCUT2D eigenvalue weighted by Gasteiger charge is 2.41. The first-order valence-corrected chi connectivity index (χ1v) is 12.7. The number of phenols is 1. The molecule has 0 radical (unpaired) electrons. The summed E-state index contributed by atoms with van der Waals surface area (Å²) in [5, 5.41) is 29.2. The van der Waals surface area contributed by atoms with Crippen molar-refractivity contribution in [2.24, 2.45) is 17.8 Å². The molecule has 4 rings (SSSR count). The summed E-state index contributed by atoms with van der Waals surface area (Å²) >= 11 is 0. The van der Waals surface area contributed by atoms with E-state index in [2.05, 4.69) is 32.0 Å². The number of carbonyl (C=O) groups is 1. The molecule has 0 saturated heterocycles. The van der Waals surface area contributed by atoms with Gasteiger partial charge in [0.15, 0.2) is 0 Å². The maximum Gasteiger partial charge on any atom is 0.407 e. The van der Waals surface area contributed by atoms with Crippen LogP contribution in [0.2, 0.25) is 0 Å². The van der Waals surface area contributed by atoms with Gasteiger partial charge in [-0.05, 0) is 70.3 Å². The lowest BCUT2D eigenvalue weighted by Crippen LogP contribution is -2.52. The van der Waals surface area contributed by atoms with Crippen LogP contribution in [0.25, 0.3) is 0 Å². The summed E-state index contributed by atoms with van der Waals surface area (Å²) in [5.74, 6) is 2.38. The van der Waals surface area contributed by atoms with Gasteiger partial charge in [-0.1, -0.05) is 24.6 Å². The van der Waals surface area contributed by atoms with Crippen LogP contribution >= 0.6 is 0 Å². The van der Waals surface area contributed by atoms with Crippen LogP contribution in [0.1, 0.15) is 64.0 Å². The number of alkyl carbamates (subject to hydrolysis) is 1. The van der Waals surface area contributed by atoms with E-state index in [4.69, 9.17) is 4.74 Å². The number of benzene rings is 1. The second-order valence-corrected chi connectivity index (χ2v) is 10.9. The minimum absolute atomic E-state index is 0.156. The number of hydrogen-bond acceptors (Lipinski definition) is 8. The van der Waals surface area contributed by atoms with Gasteiger partial charge in [0.25, 0.3) is 0 Å². The first kappa shape index (κ1) is 25.5. The molecule has 1 aromatic carbocycles. The van der Waals surface area contributed by atoms with Gasteiger partial charge in [-0.25, -0.2) is 9.78 Å². The quantitative estimate of drug-likeness (QED) is 0.433. The zero-order valence-electron chi connectivity index (χ0n) is 21.3. The Morgan fingerprint density at radius 2 is 1.92 bits per heavy atom. The molecule has 2 bridgehead atoms. The summed E-state index contributed by atoms with van der Waals surface area (Å²) in [6, 6.07) is 9.41. The van der Waals surface area contributed by atoms with E-state index < -0.39 is 5.60 Å². The molecular formula is C27H36N6O3. The predicted molar refractivity (Wildman–Crippen MR) is 137 cm³/mol. The van der Waals surface area contributed by atoms with Crippen molar-refractivity contribution in [1.29, 1.82) is 5.26 Å². The number of ether oxygens (including phenoxy) is 1. The van der Waals surface area contributed by atoms with Crippen LogP contribution in [0.5, 0.6) is 5.75 Å². The van der Waals surface area contributed by atoms with Gasteiger partial charge in [0.05, 0.1) is 6.20 Å². The Balaban J connectivity index is 1.35. The van der Waals surface area contributed by atoms with Gasteiger partial charge in [-0.2, -0.15) is 10.2 Å². The van der Waals surface area contributed by atoms with Crippen LogP contribution in [0.4, 0.5) is 16.6 Å². The topological polar surface area (TPSA) is 132 Å². The van der Waals surface area contributed by atoms with E-state index in [1.807, 2.05) is 32.9 Å². The number of para-hydroxylation sites is 1. The molecule has 9 nitrogen and oxygen atoms in total. The van der Waals surface area contributed by atoms with Crippen molar-refractivity contribution in [3.63, 3.8) is 0 Å². The maximum absolute atomic E-state index is 12.4. The number of amides is 1. The summed E-state index contributed by atoms with van der Waals surface area (Å²) in [4.78, 5) is 21.2. The van der Waals surface area contributed by atoms with E-state index in [1.165, 1.54) is 12.6 Å². The van der Waals surface area contributed by atoms with E-state index >= 15 is 0 Å². The molecule has 1 aromatic heterocycles. The molecule has 2 saturated carbocycles. The number of phenolic OH excluding ortho intramolecular Hbond substituents is 1. The summed E-state index contributed by atoms with van der Waals surface area (Å²) < 4.78 is 5.50. The molecule has 2 aromatic rings. The number of fused-ring (bicyclic) bond motifs is 2. The van der Waals surface area contributed by atoms with Gasteiger partial charge in [-0.15, -0.1) is 0 Å². The Morgan fingerprint density at radius 3 is 2.58 bits per heavy atom. The molecule has 0 spiro atoms. The third-order valence-corrected chi connectivity index (χ3v) is 7.02. The molecule has 2 aliphatic carbocycles. The zero-order valence-corrected chi connectivity index (χ0v) is 21.3. The van der Waals surface area contributed by atoms with Gasteiger partial charge >= 0.3 is 6.09 Å². The van der Waals surface area contributed by atoms with Gasteiger partial charge in [0.2, 0.25) is 5.95 Å². The third kappa shape index (κ3) is 6.56. The second-order valence-electron chi connectivity index (χ2n) is 10.9. The molecule has 36 heavy (non-hydrogen) atoms. The highest BCUT2D eigenvalue weighted by atomic mass is 16.6. The zero-order chi connectivity index (χ0) is 25.7. The Kier molecular flexibility index (Phi) is 7.82. The first-order valence-electron chi connectivity index (χ1n) is 12.7. The molecule has 1 heterocycles. The van der Waals surface area contributed by atoms with Crippen molar-refractivity contribution >= 4 is 17.9 Å². The van der Waals surface area contributed by atoms with Gasteiger partial charge in [-0.3, -0.25) is 0 Å². The lowest BCUT2D eigenvalue weighted by atomic mass is 9.64. The van der Waals surface area contributed by atoms with Gasteiger partial charge in [0, 0.05) is 24.7 Å². The summed E-state index contributed by atoms with van der Waals surface area (Å²) in [5.41, 5.74) is 0.623. The molecule has 1 amide bonds. The minimum atomic E-state index is -0.508. The molecule has 4 N–H and O–H groups in total. The monoisotopic (exact) mass is 492 g/mol. The Morgan fingerprint density at radius 1 is 1.19 bits per heavy atom. The van der Waals surface area contributed by atoms with Crippen LogP contribution in [0, 0.1) is 29.1 Å².